The third-order valence-corrected chi connectivity index (χ3v) is 2.24. The molecule has 1 atom stereocenters. The number of carbonyl (C=O) groups is 1. The van der Waals surface area contributed by atoms with Crippen LogP contribution in [0.5, 0.6) is 0 Å². The molecule has 0 aromatic rings. The van der Waals surface area contributed by atoms with Gasteiger partial charge in [0, 0.05) is 25.6 Å². The van der Waals surface area contributed by atoms with Crippen molar-refractivity contribution in [3.8, 4) is 12.3 Å². The Kier molecular flexibility index (Phi) is 6.65. The van der Waals surface area contributed by atoms with Crippen molar-refractivity contribution >= 4 is 6.03 Å². The van der Waals surface area contributed by atoms with Crippen molar-refractivity contribution in [1.29, 1.82) is 0 Å². The van der Waals surface area contributed by atoms with Crippen molar-refractivity contribution in [1.82, 2.24) is 10.2 Å². The Balaban J connectivity index is 4.07. The van der Waals surface area contributed by atoms with Crippen molar-refractivity contribution in [2.75, 3.05) is 13.1 Å². The van der Waals surface area contributed by atoms with Gasteiger partial charge in [-0.05, 0) is 20.3 Å². The van der Waals surface area contributed by atoms with Crippen LogP contribution in [0, 0.1) is 12.3 Å². The van der Waals surface area contributed by atoms with Crippen LogP contribution in [0.3, 0.4) is 0 Å². The molecule has 1 unspecified atom stereocenters. The lowest BCUT2D eigenvalue weighted by Gasteiger charge is -2.22. The second kappa shape index (κ2) is 7.25. The van der Waals surface area contributed by atoms with Gasteiger partial charge in [-0.25, -0.2) is 4.79 Å². The molecule has 2 amide bonds. The molecular weight excluding hydrogens is 176 g/mol. The van der Waals surface area contributed by atoms with Crippen LogP contribution in [0.15, 0.2) is 0 Å². The van der Waals surface area contributed by atoms with Crippen molar-refractivity contribution < 1.29 is 4.79 Å². The van der Waals surface area contributed by atoms with E-state index in [0.29, 0.717) is 6.42 Å². The molecule has 14 heavy (non-hydrogen) atoms. The molecule has 0 saturated carbocycles. The minimum Gasteiger partial charge on any atom is -0.334 e. The lowest BCUT2D eigenvalue weighted by Crippen LogP contribution is -2.44. The molecule has 0 heterocycles. The first kappa shape index (κ1) is 12.8. The third kappa shape index (κ3) is 4.18. The Morgan fingerprint density at radius 2 is 2.00 bits per heavy atom. The molecule has 1 N–H and O–H groups in total. The van der Waals surface area contributed by atoms with E-state index < -0.39 is 0 Å². The predicted molar refractivity (Wildman–Crippen MR) is 59.0 cm³/mol. The van der Waals surface area contributed by atoms with Gasteiger partial charge in [0.2, 0.25) is 0 Å². The SMILES string of the molecule is C#CCC(CC)NC(=O)N(CC)CC. The number of urea groups is 1. The summed E-state index contributed by atoms with van der Waals surface area (Å²) >= 11 is 0. The number of nitrogens with one attached hydrogen (secondary N) is 1. The number of terminal acetylenes is 1. The van der Waals surface area contributed by atoms with Crippen LogP contribution < -0.4 is 5.32 Å². The molecule has 3 heteroatoms. The monoisotopic (exact) mass is 196 g/mol. The summed E-state index contributed by atoms with van der Waals surface area (Å²) in [6.07, 6.45) is 6.68. The fourth-order valence-electron chi connectivity index (χ4n) is 1.22. The predicted octanol–water partition coefficient (Wildman–Crippen LogP) is 1.84. The van der Waals surface area contributed by atoms with Gasteiger partial charge in [-0.2, -0.15) is 0 Å². The lowest BCUT2D eigenvalue weighted by atomic mass is 10.1. The molecule has 0 saturated heterocycles. The Morgan fingerprint density at radius 3 is 2.36 bits per heavy atom. The molecule has 0 fully saturated rings. The van der Waals surface area contributed by atoms with E-state index in [1.165, 1.54) is 0 Å². The summed E-state index contributed by atoms with van der Waals surface area (Å²) in [7, 11) is 0. The number of hydrogen-bond donors (Lipinski definition) is 1. The molecule has 0 radical (unpaired) electrons. The van der Waals surface area contributed by atoms with Gasteiger partial charge < -0.3 is 10.2 Å². The zero-order chi connectivity index (χ0) is 11.0. The molecule has 0 aliphatic carbocycles. The first-order chi connectivity index (χ1) is 6.69. The van der Waals surface area contributed by atoms with Gasteiger partial charge in [-0.3, -0.25) is 0 Å². The van der Waals surface area contributed by atoms with E-state index >= 15 is 0 Å². The van der Waals surface area contributed by atoms with Crippen LogP contribution in [-0.2, 0) is 0 Å². The number of nitrogens with zero attached hydrogens (tertiary/aromatic N) is 1. The average Bonchev–Trinajstić information content (AvgIpc) is 2.19. The largest absolute Gasteiger partial charge is 0.334 e. The van der Waals surface area contributed by atoms with Gasteiger partial charge >= 0.3 is 6.03 Å². The maximum absolute atomic E-state index is 11.6. The van der Waals surface area contributed by atoms with E-state index in [9.17, 15) is 4.79 Å². The summed E-state index contributed by atoms with van der Waals surface area (Å²) in [6, 6.07) is 0.0881. The van der Waals surface area contributed by atoms with E-state index in [1.807, 2.05) is 20.8 Å². The summed E-state index contributed by atoms with van der Waals surface area (Å²) in [6.45, 7) is 7.41. The smallest absolute Gasteiger partial charge is 0.317 e. The van der Waals surface area contributed by atoms with Crippen LogP contribution >= 0.6 is 0 Å². The van der Waals surface area contributed by atoms with E-state index in [-0.39, 0.29) is 12.1 Å². The van der Waals surface area contributed by atoms with E-state index in [1.54, 1.807) is 4.90 Å². The molecule has 0 aliphatic rings. The third-order valence-electron chi connectivity index (χ3n) is 2.24. The average molecular weight is 196 g/mol. The molecule has 0 spiro atoms. The van der Waals surface area contributed by atoms with Gasteiger partial charge in [-0.15, -0.1) is 12.3 Å². The minimum absolute atomic E-state index is 0.0166. The van der Waals surface area contributed by atoms with Gasteiger partial charge in [-0.1, -0.05) is 6.92 Å². The summed E-state index contributed by atoms with van der Waals surface area (Å²) < 4.78 is 0. The van der Waals surface area contributed by atoms with Crippen LogP contribution in [-0.4, -0.2) is 30.1 Å². The number of rotatable bonds is 5. The number of hydrogen-bond acceptors (Lipinski definition) is 1. The van der Waals surface area contributed by atoms with Crippen molar-refractivity contribution in [3.63, 3.8) is 0 Å². The minimum atomic E-state index is -0.0166. The second-order valence-electron chi connectivity index (χ2n) is 3.14. The Hall–Kier alpha value is -1.17. The zero-order valence-electron chi connectivity index (χ0n) is 9.34. The van der Waals surface area contributed by atoms with Crippen molar-refractivity contribution in [2.24, 2.45) is 0 Å². The Morgan fingerprint density at radius 1 is 1.43 bits per heavy atom. The standard InChI is InChI=1S/C11H20N2O/c1-5-9-10(6-2)12-11(14)13(7-3)8-4/h1,10H,6-9H2,2-4H3,(H,12,14). The topological polar surface area (TPSA) is 32.3 Å². The van der Waals surface area contributed by atoms with E-state index in [4.69, 9.17) is 6.42 Å². The second-order valence-corrected chi connectivity index (χ2v) is 3.14. The quantitative estimate of drug-likeness (QED) is 0.669. The number of amides is 2. The fraction of sp³-hybridized carbons (Fsp3) is 0.727. The van der Waals surface area contributed by atoms with Crippen molar-refractivity contribution in [2.45, 2.75) is 39.7 Å². The summed E-state index contributed by atoms with van der Waals surface area (Å²) in [5.74, 6) is 2.57. The summed E-state index contributed by atoms with van der Waals surface area (Å²) in [5.41, 5.74) is 0. The van der Waals surface area contributed by atoms with Gasteiger partial charge in [0.1, 0.15) is 0 Å². The molecule has 0 aromatic heterocycles. The molecule has 0 aliphatic heterocycles. The first-order valence-corrected chi connectivity index (χ1v) is 5.18. The zero-order valence-corrected chi connectivity index (χ0v) is 9.34. The highest BCUT2D eigenvalue weighted by molar-refractivity contribution is 5.74. The molecule has 0 rings (SSSR count). The fourth-order valence-corrected chi connectivity index (χ4v) is 1.22. The van der Waals surface area contributed by atoms with E-state index in [2.05, 4.69) is 11.2 Å². The maximum atomic E-state index is 11.6. The first-order valence-electron chi connectivity index (χ1n) is 5.18. The van der Waals surface area contributed by atoms with E-state index in [0.717, 1.165) is 19.5 Å². The van der Waals surface area contributed by atoms with Crippen LogP contribution in [0.2, 0.25) is 0 Å². The molecule has 0 aromatic carbocycles. The summed E-state index contributed by atoms with van der Waals surface area (Å²) in [5, 5.41) is 2.91. The normalized spacial score (nSPS) is 11.6. The highest BCUT2D eigenvalue weighted by atomic mass is 16.2. The maximum Gasteiger partial charge on any atom is 0.317 e. The molecule has 80 valence electrons. The summed E-state index contributed by atoms with van der Waals surface area (Å²) in [4.78, 5) is 13.3. The van der Waals surface area contributed by atoms with Gasteiger partial charge in [0.25, 0.3) is 0 Å². The molecular formula is C11H20N2O. The van der Waals surface area contributed by atoms with Crippen LogP contribution in [0.1, 0.15) is 33.6 Å². The van der Waals surface area contributed by atoms with Crippen LogP contribution in [0.25, 0.3) is 0 Å². The highest BCUT2D eigenvalue weighted by Crippen LogP contribution is 1.98. The Bertz CT molecular complexity index is 204. The van der Waals surface area contributed by atoms with Gasteiger partial charge in [0.15, 0.2) is 0 Å². The lowest BCUT2D eigenvalue weighted by molar-refractivity contribution is 0.199. The molecule has 3 nitrogen and oxygen atoms in total. The molecule has 0 bridgehead atoms. The Labute approximate surface area is 86.9 Å². The van der Waals surface area contributed by atoms with Gasteiger partial charge in [0.05, 0.1) is 0 Å². The number of carbonyl (C=O) groups excluding carboxylic acids is 1. The van der Waals surface area contributed by atoms with Crippen molar-refractivity contribution in [3.05, 3.63) is 0 Å². The van der Waals surface area contributed by atoms with Crippen LogP contribution in [0.4, 0.5) is 4.79 Å². The highest BCUT2D eigenvalue weighted by Gasteiger charge is 2.13.